The first-order chi connectivity index (χ1) is 14.9. The van der Waals surface area contributed by atoms with Crippen molar-refractivity contribution in [2.75, 3.05) is 6.54 Å². The molecule has 0 unspecified atom stereocenters. The van der Waals surface area contributed by atoms with Gasteiger partial charge in [-0.2, -0.15) is 0 Å². The Labute approximate surface area is 182 Å². The molecule has 0 spiro atoms. The Morgan fingerprint density at radius 3 is 2.35 bits per heavy atom. The van der Waals surface area contributed by atoms with Gasteiger partial charge in [0.1, 0.15) is 5.57 Å². The maximum Gasteiger partial charge on any atom is 0.331 e. The first-order valence-corrected chi connectivity index (χ1v) is 11.1. The molecule has 162 valence electrons. The molecular weight excluding hydrogens is 390 g/mol. The van der Waals surface area contributed by atoms with Crippen LogP contribution in [0.5, 0.6) is 0 Å². The van der Waals surface area contributed by atoms with Crippen LogP contribution in [0.25, 0.3) is 11.8 Å². The van der Waals surface area contributed by atoms with Gasteiger partial charge in [0.15, 0.2) is 0 Å². The number of hydrogen-bond acceptors (Lipinski definition) is 3. The van der Waals surface area contributed by atoms with E-state index in [4.69, 9.17) is 0 Å². The molecule has 1 aliphatic carbocycles. The van der Waals surface area contributed by atoms with Crippen molar-refractivity contribution in [3.05, 3.63) is 58.4 Å². The summed E-state index contributed by atoms with van der Waals surface area (Å²) in [6.45, 7) is 5.90. The number of barbiturate groups is 1. The molecule has 2 heterocycles. The summed E-state index contributed by atoms with van der Waals surface area (Å²) >= 11 is 0. The number of amides is 4. The Balaban J connectivity index is 1.65. The van der Waals surface area contributed by atoms with Crippen molar-refractivity contribution >= 4 is 23.9 Å². The van der Waals surface area contributed by atoms with Crippen molar-refractivity contribution in [2.24, 2.45) is 0 Å². The van der Waals surface area contributed by atoms with Crippen LogP contribution in [0, 0.1) is 13.8 Å². The number of urea groups is 1. The number of benzene rings is 1. The monoisotopic (exact) mass is 419 g/mol. The third kappa shape index (κ3) is 3.94. The molecule has 4 rings (SSSR count). The molecule has 1 N–H and O–H groups in total. The molecule has 4 amide bonds. The summed E-state index contributed by atoms with van der Waals surface area (Å²) in [6.07, 6.45) is 8.10. The predicted octanol–water partition coefficient (Wildman–Crippen LogP) is 4.62. The Morgan fingerprint density at radius 1 is 1.03 bits per heavy atom. The van der Waals surface area contributed by atoms with Gasteiger partial charge in [-0.1, -0.05) is 31.4 Å². The van der Waals surface area contributed by atoms with Gasteiger partial charge in [0.2, 0.25) is 0 Å². The van der Waals surface area contributed by atoms with Gasteiger partial charge in [-0.05, 0) is 74.9 Å². The number of nitrogens with zero attached hydrogens (tertiary/aromatic N) is 2. The number of carbonyl (C=O) groups excluding carboxylic acids is 3. The van der Waals surface area contributed by atoms with Gasteiger partial charge >= 0.3 is 6.03 Å². The Morgan fingerprint density at radius 2 is 1.71 bits per heavy atom. The highest BCUT2D eigenvalue weighted by atomic mass is 16.2. The van der Waals surface area contributed by atoms with Crippen LogP contribution >= 0.6 is 0 Å². The van der Waals surface area contributed by atoms with Crippen LogP contribution in [0.2, 0.25) is 0 Å². The first kappa shape index (κ1) is 21.1. The van der Waals surface area contributed by atoms with Gasteiger partial charge < -0.3 is 4.57 Å². The number of rotatable bonds is 4. The van der Waals surface area contributed by atoms with Gasteiger partial charge in [-0.3, -0.25) is 19.8 Å². The second-order valence-corrected chi connectivity index (χ2v) is 8.46. The van der Waals surface area contributed by atoms with E-state index in [1.54, 1.807) is 13.0 Å². The molecular formula is C25H29N3O3. The number of carbonyl (C=O) groups is 3. The standard InChI is InChI=1S/C25H29N3O3/c1-4-27-24(30)22(23(29)26-25(27)31)15-20-14-16(2)28(17(20)3)21-12-10-19(11-13-21)18-8-6-5-7-9-18/h10-15,18H,4-9H2,1-3H3,(H,26,29,31)/b22-15+. The summed E-state index contributed by atoms with van der Waals surface area (Å²) in [5, 5.41) is 2.24. The molecule has 2 aliphatic rings. The third-order valence-electron chi connectivity index (χ3n) is 6.50. The van der Waals surface area contributed by atoms with Gasteiger partial charge in [0, 0.05) is 23.6 Å². The highest BCUT2D eigenvalue weighted by Gasteiger charge is 2.34. The molecule has 0 radical (unpaired) electrons. The minimum absolute atomic E-state index is 0.0191. The van der Waals surface area contributed by atoms with Crippen LogP contribution < -0.4 is 5.32 Å². The molecule has 6 nitrogen and oxygen atoms in total. The summed E-state index contributed by atoms with van der Waals surface area (Å²) in [5.41, 5.74) is 5.19. The number of aryl methyl sites for hydroxylation is 1. The van der Waals surface area contributed by atoms with E-state index in [1.165, 1.54) is 37.7 Å². The lowest BCUT2D eigenvalue weighted by atomic mass is 9.84. The van der Waals surface area contributed by atoms with Crippen molar-refractivity contribution in [1.82, 2.24) is 14.8 Å². The van der Waals surface area contributed by atoms with Crippen LogP contribution in [0.1, 0.15) is 67.5 Å². The molecule has 1 saturated carbocycles. The SMILES string of the molecule is CCN1C(=O)NC(=O)/C(=C\c2cc(C)n(-c3ccc(C4CCCCC4)cc3)c2C)C1=O. The average molecular weight is 420 g/mol. The second-order valence-electron chi connectivity index (χ2n) is 8.46. The quantitative estimate of drug-likeness (QED) is 0.580. The zero-order valence-corrected chi connectivity index (χ0v) is 18.4. The van der Waals surface area contributed by atoms with Crippen molar-refractivity contribution in [3.63, 3.8) is 0 Å². The molecule has 1 aliphatic heterocycles. The Hall–Kier alpha value is -3.15. The number of likely N-dealkylation sites (N-methyl/N-ethyl adjacent to an activating group) is 1. The molecule has 31 heavy (non-hydrogen) atoms. The lowest BCUT2D eigenvalue weighted by Gasteiger charge is -2.24. The summed E-state index contributed by atoms with van der Waals surface area (Å²) in [6, 6.07) is 10.0. The van der Waals surface area contributed by atoms with Crippen molar-refractivity contribution in [2.45, 2.75) is 58.8 Å². The van der Waals surface area contributed by atoms with Crippen LogP contribution in [0.15, 0.2) is 35.9 Å². The molecule has 0 bridgehead atoms. The number of imide groups is 2. The zero-order chi connectivity index (χ0) is 22.1. The summed E-state index contributed by atoms with van der Waals surface area (Å²) in [7, 11) is 0. The maximum absolute atomic E-state index is 12.6. The molecule has 0 atom stereocenters. The maximum atomic E-state index is 12.6. The minimum Gasteiger partial charge on any atom is -0.318 e. The normalized spacial score (nSPS) is 19.3. The zero-order valence-electron chi connectivity index (χ0n) is 18.4. The summed E-state index contributed by atoms with van der Waals surface area (Å²) < 4.78 is 2.13. The number of nitrogens with one attached hydrogen (secondary N) is 1. The average Bonchev–Trinajstić information content (AvgIpc) is 3.05. The van der Waals surface area contributed by atoms with E-state index in [0.717, 1.165) is 27.5 Å². The number of hydrogen-bond donors (Lipinski definition) is 1. The highest BCUT2D eigenvalue weighted by Crippen LogP contribution is 2.33. The van der Waals surface area contributed by atoms with Crippen molar-refractivity contribution in [1.29, 1.82) is 0 Å². The highest BCUT2D eigenvalue weighted by molar-refractivity contribution is 6.31. The molecule has 1 aromatic heterocycles. The largest absolute Gasteiger partial charge is 0.331 e. The van der Waals surface area contributed by atoms with E-state index in [-0.39, 0.29) is 12.1 Å². The van der Waals surface area contributed by atoms with Gasteiger partial charge in [0.05, 0.1) is 0 Å². The van der Waals surface area contributed by atoms with E-state index >= 15 is 0 Å². The fraction of sp³-hybridized carbons (Fsp3) is 0.400. The minimum atomic E-state index is -0.668. The molecule has 1 saturated heterocycles. The Bertz CT molecular complexity index is 1060. The van der Waals surface area contributed by atoms with Crippen molar-refractivity contribution in [3.8, 4) is 5.69 Å². The fourth-order valence-corrected chi connectivity index (χ4v) is 4.80. The smallest absolute Gasteiger partial charge is 0.318 e. The van der Waals surface area contributed by atoms with Crippen LogP contribution in [0.4, 0.5) is 4.79 Å². The topological polar surface area (TPSA) is 71.4 Å². The van der Waals surface area contributed by atoms with Gasteiger partial charge in [0.25, 0.3) is 11.8 Å². The molecule has 2 aromatic rings. The molecule has 2 fully saturated rings. The van der Waals surface area contributed by atoms with E-state index in [0.29, 0.717) is 5.92 Å². The number of aromatic nitrogens is 1. The lowest BCUT2D eigenvalue weighted by molar-refractivity contribution is -0.129. The van der Waals surface area contributed by atoms with Gasteiger partial charge in [-0.25, -0.2) is 4.79 Å². The predicted molar refractivity (Wildman–Crippen MR) is 120 cm³/mol. The summed E-state index contributed by atoms with van der Waals surface area (Å²) in [5.74, 6) is -0.547. The van der Waals surface area contributed by atoms with Crippen LogP contribution in [-0.2, 0) is 9.59 Å². The molecule has 1 aromatic carbocycles. The van der Waals surface area contributed by atoms with Crippen LogP contribution in [-0.4, -0.2) is 33.9 Å². The van der Waals surface area contributed by atoms with Crippen molar-refractivity contribution < 1.29 is 14.4 Å². The Kier molecular flexibility index (Phi) is 5.81. The first-order valence-electron chi connectivity index (χ1n) is 11.1. The summed E-state index contributed by atoms with van der Waals surface area (Å²) in [4.78, 5) is 37.8. The van der Waals surface area contributed by atoms with E-state index in [1.807, 2.05) is 19.9 Å². The van der Waals surface area contributed by atoms with Crippen LogP contribution in [0.3, 0.4) is 0 Å². The second kappa shape index (κ2) is 8.53. The van der Waals surface area contributed by atoms with E-state index in [2.05, 4.69) is 34.1 Å². The van der Waals surface area contributed by atoms with E-state index < -0.39 is 17.8 Å². The lowest BCUT2D eigenvalue weighted by Crippen LogP contribution is -2.53. The van der Waals surface area contributed by atoms with Gasteiger partial charge in [-0.15, -0.1) is 0 Å². The van der Waals surface area contributed by atoms with E-state index in [9.17, 15) is 14.4 Å². The fourth-order valence-electron chi connectivity index (χ4n) is 4.80. The molecule has 6 heteroatoms. The third-order valence-corrected chi connectivity index (χ3v) is 6.50.